The monoisotopic (exact) mass is 509 g/mol. The second kappa shape index (κ2) is 9.87. The normalized spacial score (nSPS) is 15.6. The molecule has 7 heteroatoms. The maximum atomic E-state index is 13.1. The van der Waals surface area contributed by atoms with E-state index in [-0.39, 0.29) is 12.0 Å². The van der Waals surface area contributed by atoms with Crippen LogP contribution in [0.2, 0.25) is 0 Å². The van der Waals surface area contributed by atoms with Crippen molar-refractivity contribution < 1.29 is 9.90 Å². The van der Waals surface area contributed by atoms with Crippen LogP contribution in [0.5, 0.6) is 0 Å². The number of pyridine rings is 1. The number of hydrogen-bond acceptors (Lipinski definition) is 5. The van der Waals surface area contributed by atoms with Crippen LogP contribution in [0, 0.1) is 13.8 Å². The molecule has 1 amide bonds. The molecule has 2 aromatic heterocycles. The van der Waals surface area contributed by atoms with Crippen LogP contribution in [0.25, 0.3) is 11.2 Å². The Morgan fingerprint density at radius 3 is 2.45 bits per heavy atom. The predicted molar refractivity (Wildman–Crippen MR) is 150 cm³/mol. The lowest BCUT2D eigenvalue weighted by Gasteiger charge is -2.29. The van der Waals surface area contributed by atoms with Gasteiger partial charge < -0.3 is 19.9 Å². The number of fused-ring (bicyclic) bond motifs is 3. The van der Waals surface area contributed by atoms with Crippen LogP contribution in [0.15, 0.2) is 42.5 Å². The molecule has 2 aromatic carbocycles. The largest absolute Gasteiger partial charge is 0.393 e. The number of aryl methyl sites for hydroxylation is 5. The molecule has 6 rings (SSSR count). The summed E-state index contributed by atoms with van der Waals surface area (Å²) in [4.78, 5) is 24.7. The molecule has 0 aliphatic carbocycles. The third-order valence-electron chi connectivity index (χ3n) is 7.96. The van der Waals surface area contributed by atoms with Crippen LogP contribution >= 0.6 is 0 Å². The first-order valence-electron chi connectivity index (χ1n) is 13.7. The molecule has 2 N–H and O–H groups in total. The average molecular weight is 510 g/mol. The number of aliphatic hydroxyl groups is 1. The molecule has 2 aliphatic heterocycles. The van der Waals surface area contributed by atoms with Gasteiger partial charge in [0.05, 0.1) is 12.6 Å². The third-order valence-corrected chi connectivity index (χ3v) is 7.96. The van der Waals surface area contributed by atoms with Gasteiger partial charge in [-0.25, -0.2) is 9.97 Å². The molecule has 196 valence electrons. The Hall–Kier alpha value is -3.71. The number of nitrogens with zero attached hydrogens (tertiary/aromatic N) is 4. The molecule has 0 atom stereocenters. The average Bonchev–Trinajstić information content (AvgIpc) is 3.15. The molecule has 0 unspecified atom stereocenters. The molecule has 38 heavy (non-hydrogen) atoms. The van der Waals surface area contributed by atoms with Gasteiger partial charge in [0, 0.05) is 42.1 Å². The number of hydrogen-bond donors (Lipinski definition) is 2. The second-order valence-corrected chi connectivity index (χ2v) is 10.7. The van der Waals surface area contributed by atoms with E-state index < -0.39 is 0 Å². The van der Waals surface area contributed by atoms with Gasteiger partial charge in [0.15, 0.2) is 5.65 Å². The molecule has 1 fully saturated rings. The van der Waals surface area contributed by atoms with Gasteiger partial charge in [-0.2, -0.15) is 0 Å². The Morgan fingerprint density at radius 1 is 1.00 bits per heavy atom. The van der Waals surface area contributed by atoms with Gasteiger partial charge >= 0.3 is 0 Å². The van der Waals surface area contributed by atoms with E-state index in [1.54, 1.807) is 0 Å². The molecule has 1 saturated heterocycles. The molecule has 4 aromatic rings. The SMILES string of the molecule is CCc1nc2c(C)cc(C)nc2n1Cc1ccc2c(c1)CCc1cc(C(=O)N3CCC(O)CC3)ccc1N2. The Labute approximate surface area is 223 Å². The van der Waals surface area contributed by atoms with Gasteiger partial charge in [0.1, 0.15) is 11.3 Å². The van der Waals surface area contributed by atoms with Crippen LogP contribution in [0.4, 0.5) is 11.4 Å². The van der Waals surface area contributed by atoms with E-state index in [1.807, 2.05) is 30.0 Å². The molecule has 0 saturated carbocycles. The van der Waals surface area contributed by atoms with Gasteiger partial charge in [0.25, 0.3) is 5.91 Å². The summed E-state index contributed by atoms with van der Waals surface area (Å²) in [6.07, 6.45) is 3.64. The van der Waals surface area contributed by atoms with Crippen molar-refractivity contribution in [2.75, 3.05) is 18.4 Å². The highest BCUT2D eigenvalue weighted by Crippen LogP contribution is 2.32. The molecular weight excluding hydrogens is 474 g/mol. The van der Waals surface area contributed by atoms with Gasteiger partial charge in [0.2, 0.25) is 0 Å². The van der Waals surface area contributed by atoms with Crippen molar-refractivity contribution in [2.24, 2.45) is 0 Å². The van der Waals surface area contributed by atoms with E-state index in [9.17, 15) is 9.90 Å². The maximum absolute atomic E-state index is 13.1. The fraction of sp³-hybridized carbons (Fsp3) is 0.387. The fourth-order valence-corrected chi connectivity index (χ4v) is 5.86. The van der Waals surface area contributed by atoms with E-state index in [2.05, 4.69) is 48.0 Å². The summed E-state index contributed by atoms with van der Waals surface area (Å²) >= 11 is 0. The van der Waals surface area contributed by atoms with Crippen LogP contribution in [-0.2, 0) is 25.8 Å². The molecule has 0 bridgehead atoms. The van der Waals surface area contributed by atoms with Crippen molar-refractivity contribution in [2.45, 2.75) is 65.5 Å². The lowest BCUT2D eigenvalue weighted by molar-refractivity contribution is 0.0546. The highest BCUT2D eigenvalue weighted by Gasteiger charge is 2.24. The first kappa shape index (κ1) is 24.6. The summed E-state index contributed by atoms with van der Waals surface area (Å²) in [5.74, 6) is 1.12. The van der Waals surface area contributed by atoms with E-state index in [4.69, 9.17) is 9.97 Å². The predicted octanol–water partition coefficient (Wildman–Crippen LogP) is 5.10. The van der Waals surface area contributed by atoms with Crippen LogP contribution in [0.1, 0.15) is 63.9 Å². The van der Waals surface area contributed by atoms with Crippen molar-refractivity contribution >= 4 is 28.4 Å². The highest BCUT2D eigenvalue weighted by molar-refractivity contribution is 5.95. The summed E-state index contributed by atoms with van der Waals surface area (Å²) in [6.45, 7) is 8.26. The number of rotatable bonds is 4. The lowest BCUT2D eigenvalue weighted by atomic mass is 10.00. The number of nitrogens with one attached hydrogen (secondary N) is 1. The number of likely N-dealkylation sites (tertiary alicyclic amines) is 1. The minimum atomic E-state index is -0.288. The van der Waals surface area contributed by atoms with Gasteiger partial charge in [-0.3, -0.25) is 4.79 Å². The number of piperidine rings is 1. The van der Waals surface area contributed by atoms with Crippen LogP contribution in [0.3, 0.4) is 0 Å². The first-order chi connectivity index (χ1) is 18.4. The summed E-state index contributed by atoms with van der Waals surface area (Å²) in [5, 5.41) is 13.4. The molecule has 4 heterocycles. The number of amides is 1. The summed E-state index contributed by atoms with van der Waals surface area (Å²) in [5.41, 5.74) is 10.7. The molecule has 0 radical (unpaired) electrons. The quantitative estimate of drug-likeness (QED) is 0.400. The van der Waals surface area contributed by atoms with Gasteiger partial charge in [-0.1, -0.05) is 19.1 Å². The standard InChI is InChI=1S/C31H35N5O2/c1-4-28-34-29-19(2)15-20(3)32-30(29)36(28)18-21-5-9-26-22(16-21)6-7-23-17-24(8-10-27(23)33-26)31(38)35-13-11-25(37)12-14-35/h5,8-10,15-17,25,33,37H,4,6-7,11-14,18H2,1-3H3. The molecule has 2 aliphatic rings. The number of anilines is 2. The number of benzene rings is 2. The zero-order chi connectivity index (χ0) is 26.4. The van der Waals surface area contributed by atoms with E-state index in [0.717, 1.165) is 71.0 Å². The van der Waals surface area contributed by atoms with Crippen molar-refractivity contribution in [3.05, 3.63) is 81.8 Å². The number of carbonyl (C=O) groups excluding carboxylic acids is 1. The first-order valence-corrected chi connectivity index (χ1v) is 13.7. The van der Waals surface area contributed by atoms with Crippen LogP contribution in [-0.4, -0.2) is 49.6 Å². The van der Waals surface area contributed by atoms with Crippen molar-refractivity contribution in [3.63, 3.8) is 0 Å². The van der Waals surface area contributed by atoms with Crippen LogP contribution < -0.4 is 5.32 Å². The zero-order valence-corrected chi connectivity index (χ0v) is 22.4. The van der Waals surface area contributed by atoms with E-state index in [1.165, 1.54) is 16.7 Å². The van der Waals surface area contributed by atoms with Crippen molar-refractivity contribution in [3.8, 4) is 0 Å². The van der Waals surface area contributed by atoms with E-state index >= 15 is 0 Å². The summed E-state index contributed by atoms with van der Waals surface area (Å²) < 4.78 is 2.26. The molecule has 0 spiro atoms. The summed E-state index contributed by atoms with van der Waals surface area (Å²) in [7, 11) is 0. The van der Waals surface area contributed by atoms with E-state index in [0.29, 0.717) is 25.9 Å². The zero-order valence-electron chi connectivity index (χ0n) is 22.4. The Morgan fingerprint density at radius 2 is 1.71 bits per heavy atom. The number of aromatic nitrogens is 3. The van der Waals surface area contributed by atoms with Crippen molar-refractivity contribution in [1.82, 2.24) is 19.4 Å². The fourth-order valence-electron chi connectivity index (χ4n) is 5.86. The highest BCUT2D eigenvalue weighted by atomic mass is 16.3. The van der Waals surface area contributed by atoms with Crippen molar-refractivity contribution in [1.29, 1.82) is 0 Å². The Kier molecular flexibility index (Phi) is 6.40. The van der Waals surface area contributed by atoms with Gasteiger partial charge in [-0.05, 0) is 92.1 Å². The lowest BCUT2D eigenvalue weighted by Crippen LogP contribution is -2.40. The molecule has 7 nitrogen and oxygen atoms in total. The third kappa shape index (κ3) is 4.56. The minimum absolute atomic E-state index is 0.0575. The Bertz CT molecular complexity index is 1530. The Balaban J connectivity index is 1.24. The second-order valence-electron chi connectivity index (χ2n) is 10.7. The topological polar surface area (TPSA) is 83.3 Å². The number of aliphatic hydroxyl groups excluding tert-OH is 1. The smallest absolute Gasteiger partial charge is 0.253 e. The summed E-state index contributed by atoms with van der Waals surface area (Å²) in [6, 6.07) is 14.8. The maximum Gasteiger partial charge on any atom is 0.253 e. The minimum Gasteiger partial charge on any atom is -0.393 e. The van der Waals surface area contributed by atoms with Gasteiger partial charge in [-0.15, -0.1) is 0 Å². The molecular formula is C31H35N5O2. The number of imidazole rings is 1. The number of carbonyl (C=O) groups is 1.